The van der Waals surface area contributed by atoms with E-state index in [9.17, 15) is 4.79 Å². The van der Waals surface area contributed by atoms with E-state index in [-0.39, 0.29) is 11.9 Å². The number of amides is 1. The van der Waals surface area contributed by atoms with Gasteiger partial charge in [-0.25, -0.2) is 0 Å². The summed E-state index contributed by atoms with van der Waals surface area (Å²) in [6.45, 7) is 2.01. The fourth-order valence-electron chi connectivity index (χ4n) is 2.39. The van der Waals surface area contributed by atoms with Gasteiger partial charge >= 0.3 is 0 Å². The van der Waals surface area contributed by atoms with Crippen molar-refractivity contribution in [2.24, 2.45) is 0 Å². The highest BCUT2D eigenvalue weighted by Crippen LogP contribution is 2.37. The van der Waals surface area contributed by atoms with Crippen molar-refractivity contribution in [2.45, 2.75) is 13.0 Å². The lowest BCUT2D eigenvalue weighted by Crippen LogP contribution is -2.30. The van der Waals surface area contributed by atoms with Crippen molar-refractivity contribution >= 4 is 40.3 Å². The minimum absolute atomic E-state index is 0.0183. The van der Waals surface area contributed by atoms with Gasteiger partial charge in [-0.05, 0) is 24.1 Å². The topological polar surface area (TPSA) is 20.3 Å². The van der Waals surface area contributed by atoms with Gasteiger partial charge in [0.1, 0.15) is 4.32 Å². The Kier molecular flexibility index (Phi) is 4.41. The minimum atomic E-state index is -0.0598. The number of nitrogens with zero attached hydrogens (tertiary/aromatic N) is 1. The van der Waals surface area contributed by atoms with E-state index in [4.69, 9.17) is 12.2 Å². The predicted octanol–water partition coefficient (Wildman–Crippen LogP) is 4.65. The van der Waals surface area contributed by atoms with Crippen molar-refractivity contribution in [1.82, 2.24) is 4.90 Å². The van der Waals surface area contributed by atoms with Crippen LogP contribution in [0.15, 0.2) is 65.6 Å². The number of hydrogen-bond donors (Lipinski definition) is 0. The molecule has 0 saturated carbocycles. The van der Waals surface area contributed by atoms with E-state index in [1.165, 1.54) is 11.8 Å². The van der Waals surface area contributed by atoms with E-state index >= 15 is 0 Å². The van der Waals surface area contributed by atoms with Gasteiger partial charge < -0.3 is 0 Å². The summed E-state index contributed by atoms with van der Waals surface area (Å²) in [4.78, 5) is 15.1. The van der Waals surface area contributed by atoms with Gasteiger partial charge in [0.2, 0.25) is 0 Å². The number of hydrogen-bond acceptors (Lipinski definition) is 3. The van der Waals surface area contributed by atoms with Gasteiger partial charge in [-0.1, -0.05) is 84.6 Å². The molecule has 2 nitrogen and oxygen atoms in total. The average Bonchev–Trinajstić information content (AvgIpc) is 2.82. The van der Waals surface area contributed by atoms with Crippen LogP contribution in [0.2, 0.25) is 0 Å². The highest BCUT2D eigenvalue weighted by atomic mass is 32.2. The summed E-state index contributed by atoms with van der Waals surface area (Å²) in [5.41, 5.74) is 2.09. The molecule has 0 aliphatic carbocycles. The van der Waals surface area contributed by atoms with Gasteiger partial charge in [0.25, 0.3) is 5.91 Å². The fourth-order valence-corrected chi connectivity index (χ4v) is 3.81. The number of thioether (sulfide) groups is 1. The lowest BCUT2D eigenvalue weighted by atomic mass is 10.1. The molecule has 0 spiro atoms. The first-order valence-corrected chi connectivity index (χ1v) is 8.26. The zero-order chi connectivity index (χ0) is 15.5. The zero-order valence-electron chi connectivity index (χ0n) is 12.1. The maximum absolute atomic E-state index is 12.7. The molecule has 2 aromatic carbocycles. The van der Waals surface area contributed by atoms with Crippen LogP contribution < -0.4 is 0 Å². The molecule has 22 heavy (non-hydrogen) atoms. The van der Waals surface area contributed by atoms with Crippen molar-refractivity contribution in [3.63, 3.8) is 0 Å². The second-order valence-corrected chi connectivity index (χ2v) is 6.72. The third-order valence-electron chi connectivity index (χ3n) is 3.59. The quantitative estimate of drug-likeness (QED) is 0.605. The van der Waals surface area contributed by atoms with Crippen LogP contribution in [0.3, 0.4) is 0 Å². The number of rotatable bonds is 3. The SMILES string of the molecule is C[C@H](c1ccccc1)N1C(=O)/C(=C/c2ccccc2)SC1=S. The van der Waals surface area contributed by atoms with Crippen molar-refractivity contribution in [1.29, 1.82) is 0 Å². The van der Waals surface area contributed by atoms with E-state index in [1.54, 1.807) is 4.90 Å². The molecule has 4 heteroatoms. The molecule has 1 fully saturated rings. The van der Waals surface area contributed by atoms with Gasteiger partial charge in [0, 0.05) is 0 Å². The summed E-state index contributed by atoms with van der Waals surface area (Å²) in [6.07, 6.45) is 1.90. The first kappa shape index (κ1) is 15.0. The Bertz CT molecular complexity index is 725. The van der Waals surface area contributed by atoms with Crippen LogP contribution in [-0.4, -0.2) is 15.1 Å². The number of carbonyl (C=O) groups excluding carboxylic acids is 1. The Hall–Kier alpha value is -1.91. The molecular weight excluding hydrogens is 310 g/mol. The summed E-state index contributed by atoms with van der Waals surface area (Å²) < 4.78 is 0.614. The first-order chi connectivity index (χ1) is 10.7. The predicted molar refractivity (Wildman–Crippen MR) is 96.3 cm³/mol. The van der Waals surface area contributed by atoms with Crippen molar-refractivity contribution in [2.75, 3.05) is 0 Å². The summed E-state index contributed by atoms with van der Waals surface area (Å²) in [7, 11) is 0. The molecule has 0 N–H and O–H groups in total. The van der Waals surface area contributed by atoms with Gasteiger partial charge in [-0.15, -0.1) is 0 Å². The largest absolute Gasteiger partial charge is 0.286 e. The lowest BCUT2D eigenvalue weighted by molar-refractivity contribution is -0.123. The fraction of sp³-hybridized carbons (Fsp3) is 0.111. The highest BCUT2D eigenvalue weighted by molar-refractivity contribution is 8.26. The second-order valence-electron chi connectivity index (χ2n) is 5.05. The second kappa shape index (κ2) is 6.46. The Balaban J connectivity index is 1.88. The molecule has 1 amide bonds. The third-order valence-corrected chi connectivity index (χ3v) is 4.92. The van der Waals surface area contributed by atoms with Crippen molar-refractivity contribution in [3.8, 4) is 0 Å². The number of thiocarbonyl (C=S) groups is 1. The summed E-state index contributed by atoms with van der Waals surface area (Å²) in [6, 6.07) is 19.7. The minimum Gasteiger partial charge on any atom is -0.286 e. The Morgan fingerprint density at radius 1 is 1.05 bits per heavy atom. The van der Waals surface area contributed by atoms with Crippen LogP contribution in [0.4, 0.5) is 0 Å². The average molecular weight is 325 g/mol. The molecule has 0 bridgehead atoms. The van der Waals surface area contributed by atoms with Gasteiger partial charge in [-0.2, -0.15) is 0 Å². The zero-order valence-corrected chi connectivity index (χ0v) is 13.7. The number of carbonyl (C=O) groups is 1. The molecule has 0 unspecified atom stereocenters. The molecule has 3 rings (SSSR count). The Morgan fingerprint density at radius 2 is 1.64 bits per heavy atom. The van der Waals surface area contributed by atoms with Crippen LogP contribution >= 0.6 is 24.0 Å². The molecular formula is C18H15NOS2. The van der Waals surface area contributed by atoms with E-state index < -0.39 is 0 Å². The normalized spacial score (nSPS) is 18.0. The Labute approximate surface area is 139 Å². The van der Waals surface area contributed by atoms with Gasteiger partial charge in [0.15, 0.2) is 0 Å². The maximum Gasteiger partial charge on any atom is 0.266 e. The molecule has 2 aromatic rings. The summed E-state index contributed by atoms with van der Waals surface area (Å²) >= 11 is 6.78. The molecule has 1 saturated heterocycles. The molecule has 1 heterocycles. The van der Waals surface area contributed by atoms with Crippen LogP contribution in [-0.2, 0) is 4.79 Å². The highest BCUT2D eigenvalue weighted by Gasteiger charge is 2.35. The van der Waals surface area contributed by atoms with E-state index in [0.717, 1.165) is 11.1 Å². The smallest absolute Gasteiger partial charge is 0.266 e. The monoisotopic (exact) mass is 325 g/mol. The van der Waals surface area contributed by atoms with Crippen LogP contribution in [0.1, 0.15) is 24.1 Å². The molecule has 1 aliphatic heterocycles. The van der Waals surface area contributed by atoms with E-state index in [0.29, 0.717) is 9.23 Å². The van der Waals surface area contributed by atoms with Gasteiger partial charge in [-0.3, -0.25) is 9.69 Å². The molecule has 0 radical (unpaired) electrons. The van der Waals surface area contributed by atoms with Crippen molar-refractivity contribution < 1.29 is 4.79 Å². The van der Waals surface area contributed by atoms with E-state index in [2.05, 4.69) is 0 Å². The number of benzene rings is 2. The molecule has 1 atom stereocenters. The van der Waals surface area contributed by atoms with Crippen LogP contribution in [0.5, 0.6) is 0 Å². The van der Waals surface area contributed by atoms with E-state index in [1.807, 2.05) is 73.7 Å². The first-order valence-electron chi connectivity index (χ1n) is 7.04. The molecule has 0 aromatic heterocycles. The maximum atomic E-state index is 12.7. The Morgan fingerprint density at radius 3 is 2.27 bits per heavy atom. The van der Waals surface area contributed by atoms with Gasteiger partial charge in [0.05, 0.1) is 10.9 Å². The summed E-state index contributed by atoms with van der Waals surface area (Å²) in [5, 5.41) is 0. The van der Waals surface area contributed by atoms with Crippen molar-refractivity contribution in [3.05, 3.63) is 76.7 Å². The standard InChI is InChI=1S/C18H15NOS2/c1-13(15-10-6-3-7-11-15)19-17(20)16(22-18(19)21)12-14-8-4-2-5-9-14/h2-13H,1H3/b16-12-/t13-/m1/s1. The van der Waals surface area contributed by atoms with Crippen LogP contribution in [0.25, 0.3) is 6.08 Å². The molecule has 1 aliphatic rings. The third kappa shape index (κ3) is 2.98. The lowest BCUT2D eigenvalue weighted by Gasteiger charge is -2.23. The molecule has 110 valence electrons. The summed E-state index contributed by atoms with van der Waals surface area (Å²) in [5.74, 6) is -0.0183. The van der Waals surface area contributed by atoms with Crippen LogP contribution in [0, 0.1) is 0 Å².